The molecule has 0 N–H and O–H groups in total. The van der Waals surface area contributed by atoms with Crippen LogP contribution in [0.25, 0.3) is 22.4 Å². The number of aromatic nitrogens is 1. The minimum Gasteiger partial charge on any atom is -0.465 e. The molecular formula is C23H20N2O4. The maximum Gasteiger partial charge on any atom is 0.342 e. The maximum atomic E-state index is 12.4. The van der Waals surface area contributed by atoms with E-state index in [2.05, 4.69) is 11.1 Å². The molecule has 0 spiro atoms. The van der Waals surface area contributed by atoms with Crippen molar-refractivity contribution in [3.8, 4) is 34.2 Å². The van der Waals surface area contributed by atoms with Crippen LogP contribution < -0.4 is 4.74 Å². The predicted molar refractivity (Wildman–Crippen MR) is 108 cm³/mol. The molecule has 6 nitrogen and oxygen atoms in total. The van der Waals surface area contributed by atoms with Gasteiger partial charge in [0.1, 0.15) is 5.56 Å². The van der Waals surface area contributed by atoms with Crippen molar-refractivity contribution in [1.82, 2.24) is 4.98 Å². The number of hydrogen-bond acceptors (Lipinski definition) is 6. The Hall–Kier alpha value is -3.69. The Balaban J connectivity index is 2.03. The molecule has 1 heterocycles. The Morgan fingerprint density at radius 2 is 1.90 bits per heavy atom. The fourth-order valence-corrected chi connectivity index (χ4v) is 2.87. The number of carbonyl (C=O) groups is 1. The van der Waals surface area contributed by atoms with Gasteiger partial charge in [-0.2, -0.15) is 5.26 Å². The van der Waals surface area contributed by atoms with Crippen molar-refractivity contribution < 1.29 is 19.0 Å². The molecule has 0 aliphatic heterocycles. The molecule has 146 valence electrons. The van der Waals surface area contributed by atoms with E-state index >= 15 is 0 Å². The van der Waals surface area contributed by atoms with Gasteiger partial charge in [-0.15, -0.1) is 0 Å². The van der Waals surface area contributed by atoms with Gasteiger partial charge in [-0.3, -0.25) is 4.98 Å². The van der Waals surface area contributed by atoms with Gasteiger partial charge in [-0.05, 0) is 30.2 Å². The van der Waals surface area contributed by atoms with Crippen LogP contribution in [0.5, 0.6) is 5.75 Å². The second-order valence-electron chi connectivity index (χ2n) is 6.08. The Kier molecular flexibility index (Phi) is 6.56. The van der Waals surface area contributed by atoms with Gasteiger partial charge >= 0.3 is 5.97 Å². The van der Waals surface area contributed by atoms with E-state index in [9.17, 15) is 10.1 Å². The van der Waals surface area contributed by atoms with Gasteiger partial charge in [0.2, 0.25) is 0 Å². The van der Waals surface area contributed by atoms with Crippen molar-refractivity contribution in [3.05, 3.63) is 71.9 Å². The summed E-state index contributed by atoms with van der Waals surface area (Å²) in [5, 5.41) is 9.63. The summed E-state index contributed by atoms with van der Waals surface area (Å²) < 4.78 is 15.5. The number of nitrogens with zero attached hydrogens (tertiary/aromatic N) is 2. The largest absolute Gasteiger partial charge is 0.465 e. The van der Waals surface area contributed by atoms with Gasteiger partial charge in [0, 0.05) is 12.7 Å². The van der Waals surface area contributed by atoms with E-state index in [0.29, 0.717) is 16.8 Å². The third-order valence-electron chi connectivity index (χ3n) is 4.22. The molecule has 3 rings (SSSR count). The van der Waals surface area contributed by atoms with E-state index in [1.54, 1.807) is 19.1 Å². The van der Waals surface area contributed by atoms with Gasteiger partial charge in [0.25, 0.3) is 0 Å². The number of methoxy groups -OCH3 is 1. The highest BCUT2D eigenvalue weighted by Crippen LogP contribution is 2.30. The molecule has 3 aromatic rings. The lowest BCUT2D eigenvalue weighted by atomic mass is 9.97. The minimum absolute atomic E-state index is 0.0161. The van der Waals surface area contributed by atoms with Crippen molar-refractivity contribution >= 4 is 5.97 Å². The van der Waals surface area contributed by atoms with Crippen molar-refractivity contribution in [3.63, 3.8) is 0 Å². The summed E-state index contributed by atoms with van der Waals surface area (Å²) in [6.45, 7) is 1.96. The lowest BCUT2D eigenvalue weighted by Gasteiger charge is -2.12. The molecule has 0 amide bonds. The van der Waals surface area contributed by atoms with Gasteiger partial charge in [-0.25, -0.2) is 4.79 Å². The third kappa shape index (κ3) is 4.60. The summed E-state index contributed by atoms with van der Waals surface area (Å²) >= 11 is 0. The second kappa shape index (κ2) is 9.49. The van der Waals surface area contributed by atoms with E-state index < -0.39 is 5.97 Å². The standard InChI is InChI=1S/C23H20N2O4/c1-3-28-23(26)20-12-21(25-14-22(20)29-15-27-2)17-9-10-19(18(11-17)13-24)16-7-5-4-6-8-16/h4-12,14H,3,15H2,1-2H3. The first kappa shape index (κ1) is 20.1. The molecule has 2 aromatic carbocycles. The van der Waals surface area contributed by atoms with Crippen LogP contribution in [0.4, 0.5) is 0 Å². The molecule has 0 aliphatic rings. The quantitative estimate of drug-likeness (QED) is 0.439. The smallest absolute Gasteiger partial charge is 0.342 e. The number of hydrogen-bond donors (Lipinski definition) is 0. The van der Waals surface area contributed by atoms with Gasteiger partial charge in [0.15, 0.2) is 12.5 Å². The van der Waals surface area contributed by atoms with E-state index in [0.717, 1.165) is 11.1 Å². The molecule has 0 aliphatic carbocycles. The van der Waals surface area contributed by atoms with Crippen LogP contribution in [0.3, 0.4) is 0 Å². The molecule has 29 heavy (non-hydrogen) atoms. The molecule has 0 saturated heterocycles. The van der Waals surface area contributed by atoms with Crippen molar-refractivity contribution in [2.75, 3.05) is 20.5 Å². The highest BCUT2D eigenvalue weighted by atomic mass is 16.7. The summed E-state index contributed by atoms with van der Waals surface area (Å²) in [5.41, 5.74) is 3.81. The highest BCUT2D eigenvalue weighted by molar-refractivity contribution is 5.93. The number of carbonyl (C=O) groups excluding carboxylic acids is 1. The zero-order valence-corrected chi connectivity index (χ0v) is 16.2. The molecule has 6 heteroatoms. The fourth-order valence-electron chi connectivity index (χ4n) is 2.87. The monoisotopic (exact) mass is 388 g/mol. The number of ether oxygens (including phenoxy) is 3. The topological polar surface area (TPSA) is 81.4 Å². The second-order valence-corrected chi connectivity index (χ2v) is 6.08. The highest BCUT2D eigenvalue weighted by Gasteiger charge is 2.17. The van der Waals surface area contributed by atoms with Crippen LogP contribution in [0, 0.1) is 11.3 Å². The molecule has 0 fully saturated rings. The first-order chi connectivity index (χ1) is 14.2. The molecule has 0 bridgehead atoms. The number of benzene rings is 2. The summed E-state index contributed by atoms with van der Waals surface area (Å²) in [6, 6.07) is 19.0. The third-order valence-corrected chi connectivity index (χ3v) is 4.22. The van der Waals surface area contributed by atoms with Gasteiger partial charge in [-0.1, -0.05) is 42.5 Å². The summed E-state index contributed by atoms with van der Waals surface area (Å²) in [6.07, 6.45) is 1.46. The van der Waals surface area contributed by atoms with E-state index in [-0.39, 0.29) is 24.7 Å². The summed E-state index contributed by atoms with van der Waals surface area (Å²) in [7, 11) is 1.49. The molecule has 0 atom stereocenters. The SMILES string of the molecule is CCOC(=O)c1cc(-c2ccc(-c3ccccc3)c(C#N)c2)ncc1OCOC. The first-order valence-electron chi connectivity index (χ1n) is 9.06. The average Bonchev–Trinajstić information content (AvgIpc) is 2.78. The van der Waals surface area contributed by atoms with E-state index in [1.807, 2.05) is 42.5 Å². The van der Waals surface area contributed by atoms with Crippen molar-refractivity contribution in [2.24, 2.45) is 0 Å². The maximum absolute atomic E-state index is 12.4. The Morgan fingerprint density at radius 3 is 2.59 bits per heavy atom. The van der Waals surface area contributed by atoms with E-state index in [4.69, 9.17) is 14.2 Å². The van der Waals surface area contributed by atoms with Crippen molar-refractivity contribution in [2.45, 2.75) is 6.92 Å². The van der Waals surface area contributed by atoms with Gasteiger partial charge in [0.05, 0.1) is 30.1 Å². The van der Waals surface area contributed by atoms with Crippen molar-refractivity contribution in [1.29, 1.82) is 5.26 Å². The van der Waals surface area contributed by atoms with Crippen LogP contribution in [0.2, 0.25) is 0 Å². The lowest BCUT2D eigenvalue weighted by Crippen LogP contribution is -2.10. The molecule has 0 unspecified atom stereocenters. The van der Waals surface area contributed by atoms with Crippen LogP contribution in [-0.2, 0) is 9.47 Å². The van der Waals surface area contributed by atoms with Crippen LogP contribution in [0.15, 0.2) is 60.8 Å². The molecule has 0 radical (unpaired) electrons. The number of esters is 1. The summed E-state index contributed by atoms with van der Waals surface area (Å²) in [4.78, 5) is 16.7. The number of pyridine rings is 1. The summed E-state index contributed by atoms with van der Waals surface area (Å²) in [5.74, 6) is -0.237. The van der Waals surface area contributed by atoms with E-state index in [1.165, 1.54) is 13.3 Å². The zero-order valence-electron chi connectivity index (χ0n) is 16.2. The lowest BCUT2D eigenvalue weighted by molar-refractivity contribution is 0.0436. The molecule has 1 aromatic heterocycles. The molecule has 0 saturated carbocycles. The Morgan fingerprint density at radius 1 is 1.10 bits per heavy atom. The van der Waals surface area contributed by atoms with Crippen LogP contribution in [-0.4, -0.2) is 31.5 Å². The normalized spacial score (nSPS) is 10.2. The van der Waals surface area contributed by atoms with Crippen LogP contribution in [0.1, 0.15) is 22.8 Å². The molecular weight excluding hydrogens is 368 g/mol. The minimum atomic E-state index is -0.510. The Bertz CT molecular complexity index is 1040. The Labute approximate surface area is 169 Å². The number of nitriles is 1. The average molecular weight is 388 g/mol. The fraction of sp³-hybridized carbons (Fsp3) is 0.174. The first-order valence-corrected chi connectivity index (χ1v) is 9.06. The van der Waals surface area contributed by atoms with Crippen LogP contribution >= 0.6 is 0 Å². The van der Waals surface area contributed by atoms with Gasteiger partial charge < -0.3 is 14.2 Å². The zero-order chi connectivity index (χ0) is 20.6. The predicted octanol–water partition coefficient (Wildman–Crippen LogP) is 4.45. The number of rotatable bonds is 7.